The van der Waals surface area contributed by atoms with Crippen LogP contribution in [0, 0.1) is 0 Å². The SMILES string of the molecule is CCC(C)Nc1ccc(C(O)CNCCN)cc1NC(C)CC. The molecule has 3 atom stereocenters. The Morgan fingerprint density at radius 3 is 2.22 bits per heavy atom. The lowest BCUT2D eigenvalue weighted by Crippen LogP contribution is -2.27. The molecular formula is C18H34N4O. The fraction of sp³-hybridized carbons (Fsp3) is 0.667. The monoisotopic (exact) mass is 322 g/mol. The van der Waals surface area contributed by atoms with Crippen molar-refractivity contribution in [2.75, 3.05) is 30.3 Å². The topological polar surface area (TPSA) is 82.3 Å². The molecule has 0 aliphatic heterocycles. The first kappa shape index (κ1) is 19.7. The summed E-state index contributed by atoms with van der Waals surface area (Å²) >= 11 is 0. The van der Waals surface area contributed by atoms with Gasteiger partial charge in [0.1, 0.15) is 0 Å². The number of benzene rings is 1. The van der Waals surface area contributed by atoms with Gasteiger partial charge in [0.25, 0.3) is 0 Å². The van der Waals surface area contributed by atoms with Gasteiger partial charge in [0.2, 0.25) is 0 Å². The molecule has 0 radical (unpaired) electrons. The molecule has 1 aromatic rings. The molecule has 1 rings (SSSR count). The normalized spacial score (nSPS) is 15.0. The summed E-state index contributed by atoms with van der Waals surface area (Å²) in [6.45, 7) is 10.5. The van der Waals surface area contributed by atoms with Gasteiger partial charge in [-0.2, -0.15) is 0 Å². The molecular weight excluding hydrogens is 288 g/mol. The van der Waals surface area contributed by atoms with Gasteiger partial charge >= 0.3 is 0 Å². The second kappa shape index (κ2) is 10.5. The van der Waals surface area contributed by atoms with E-state index in [-0.39, 0.29) is 0 Å². The number of anilines is 2. The smallest absolute Gasteiger partial charge is 0.0915 e. The van der Waals surface area contributed by atoms with E-state index in [4.69, 9.17) is 5.73 Å². The van der Waals surface area contributed by atoms with Gasteiger partial charge in [-0.3, -0.25) is 0 Å². The number of nitrogens with one attached hydrogen (secondary N) is 3. The van der Waals surface area contributed by atoms with E-state index in [1.54, 1.807) is 0 Å². The lowest BCUT2D eigenvalue weighted by molar-refractivity contribution is 0.175. The van der Waals surface area contributed by atoms with E-state index in [9.17, 15) is 5.11 Å². The molecule has 23 heavy (non-hydrogen) atoms. The molecule has 0 saturated heterocycles. The van der Waals surface area contributed by atoms with E-state index in [0.717, 1.165) is 29.8 Å². The van der Waals surface area contributed by atoms with Gasteiger partial charge < -0.3 is 26.8 Å². The summed E-state index contributed by atoms with van der Waals surface area (Å²) in [7, 11) is 0. The predicted octanol–water partition coefficient (Wildman–Crippen LogP) is 2.69. The fourth-order valence-corrected chi connectivity index (χ4v) is 2.21. The molecule has 5 heteroatoms. The lowest BCUT2D eigenvalue weighted by atomic mass is 10.1. The Labute approximate surface area is 141 Å². The summed E-state index contributed by atoms with van der Waals surface area (Å²) < 4.78 is 0. The molecule has 0 aromatic heterocycles. The molecule has 0 bridgehead atoms. The standard InChI is InChI=1S/C18H34N4O/c1-5-13(3)21-16-8-7-15(18(23)12-20-10-9-19)11-17(16)22-14(4)6-2/h7-8,11,13-14,18,20-23H,5-6,9-10,12,19H2,1-4H3. The minimum absolute atomic E-state index is 0.384. The zero-order valence-corrected chi connectivity index (χ0v) is 15.0. The minimum atomic E-state index is -0.531. The van der Waals surface area contributed by atoms with E-state index in [1.165, 1.54) is 0 Å². The Bertz CT molecular complexity index is 453. The van der Waals surface area contributed by atoms with Crippen LogP contribution >= 0.6 is 0 Å². The van der Waals surface area contributed by atoms with Crippen LogP contribution in [0.3, 0.4) is 0 Å². The molecule has 0 amide bonds. The van der Waals surface area contributed by atoms with E-state index in [2.05, 4.69) is 49.7 Å². The fourth-order valence-electron chi connectivity index (χ4n) is 2.21. The van der Waals surface area contributed by atoms with Crippen molar-refractivity contribution in [3.63, 3.8) is 0 Å². The highest BCUT2D eigenvalue weighted by Crippen LogP contribution is 2.28. The Kier molecular flexibility index (Phi) is 8.99. The Morgan fingerprint density at radius 1 is 1.04 bits per heavy atom. The van der Waals surface area contributed by atoms with Gasteiger partial charge in [-0.15, -0.1) is 0 Å². The molecule has 6 N–H and O–H groups in total. The van der Waals surface area contributed by atoms with Crippen molar-refractivity contribution in [3.8, 4) is 0 Å². The third-order valence-electron chi connectivity index (χ3n) is 4.12. The van der Waals surface area contributed by atoms with Gasteiger partial charge in [-0.05, 0) is 44.4 Å². The first-order valence-electron chi connectivity index (χ1n) is 8.77. The molecule has 0 spiro atoms. The number of hydrogen-bond acceptors (Lipinski definition) is 5. The van der Waals surface area contributed by atoms with E-state index >= 15 is 0 Å². The van der Waals surface area contributed by atoms with Crippen LogP contribution in [0.5, 0.6) is 0 Å². The number of aliphatic hydroxyl groups excluding tert-OH is 1. The van der Waals surface area contributed by atoms with Gasteiger partial charge in [0, 0.05) is 31.7 Å². The summed E-state index contributed by atoms with van der Waals surface area (Å²) in [4.78, 5) is 0. The summed E-state index contributed by atoms with van der Waals surface area (Å²) in [6.07, 6.45) is 1.58. The molecule has 0 fully saturated rings. The van der Waals surface area contributed by atoms with Crippen molar-refractivity contribution in [2.45, 2.75) is 58.7 Å². The molecule has 5 nitrogen and oxygen atoms in total. The highest BCUT2D eigenvalue weighted by atomic mass is 16.3. The van der Waals surface area contributed by atoms with Crippen molar-refractivity contribution in [3.05, 3.63) is 23.8 Å². The van der Waals surface area contributed by atoms with Crippen LogP contribution in [0.25, 0.3) is 0 Å². The minimum Gasteiger partial charge on any atom is -0.387 e. The maximum absolute atomic E-state index is 10.3. The highest BCUT2D eigenvalue weighted by molar-refractivity contribution is 5.70. The summed E-state index contributed by atoms with van der Waals surface area (Å²) in [5.74, 6) is 0. The Hall–Kier alpha value is -1.30. The zero-order chi connectivity index (χ0) is 17.2. The van der Waals surface area contributed by atoms with E-state index < -0.39 is 6.10 Å². The average molecular weight is 322 g/mol. The lowest BCUT2D eigenvalue weighted by Gasteiger charge is -2.22. The van der Waals surface area contributed by atoms with Crippen molar-refractivity contribution in [1.82, 2.24) is 5.32 Å². The average Bonchev–Trinajstić information content (AvgIpc) is 2.56. The van der Waals surface area contributed by atoms with E-state index in [1.807, 2.05) is 12.1 Å². The summed E-state index contributed by atoms with van der Waals surface area (Å²) in [5.41, 5.74) is 8.52. The van der Waals surface area contributed by atoms with Crippen LogP contribution in [0.1, 0.15) is 52.2 Å². The van der Waals surface area contributed by atoms with Gasteiger partial charge in [-0.1, -0.05) is 19.9 Å². The first-order chi connectivity index (χ1) is 11.0. The number of rotatable bonds is 11. The highest BCUT2D eigenvalue weighted by Gasteiger charge is 2.13. The molecule has 132 valence electrons. The van der Waals surface area contributed by atoms with Crippen LogP contribution in [-0.2, 0) is 0 Å². The zero-order valence-electron chi connectivity index (χ0n) is 15.0. The predicted molar refractivity (Wildman–Crippen MR) is 100 cm³/mol. The second-order valence-corrected chi connectivity index (χ2v) is 6.22. The summed E-state index contributed by atoms with van der Waals surface area (Å²) in [6, 6.07) is 6.88. The van der Waals surface area contributed by atoms with Crippen LogP contribution in [0.4, 0.5) is 11.4 Å². The van der Waals surface area contributed by atoms with Crippen LogP contribution in [-0.4, -0.2) is 36.8 Å². The van der Waals surface area contributed by atoms with E-state index in [0.29, 0.717) is 31.7 Å². The van der Waals surface area contributed by atoms with Crippen molar-refractivity contribution in [2.24, 2.45) is 5.73 Å². The van der Waals surface area contributed by atoms with Crippen LogP contribution < -0.4 is 21.7 Å². The number of nitrogens with two attached hydrogens (primary N) is 1. The van der Waals surface area contributed by atoms with Crippen LogP contribution in [0.15, 0.2) is 18.2 Å². The quantitative estimate of drug-likeness (QED) is 0.405. The third kappa shape index (κ3) is 6.77. The van der Waals surface area contributed by atoms with Crippen LogP contribution in [0.2, 0.25) is 0 Å². The molecule has 1 aromatic carbocycles. The molecule has 0 heterocycles. The third-order valence-corrected chi connectivity index (χ3v) is 4.12. The molecule has 0 saturated carbocycles. The molecule has 0 aliphatic rings. The number of hydrogen-bond donors (Lipinski definition) is 5. The Morgan fingerprint density at radius 2 is 1.65 bits per heavy atom. The Balaban J connectivity index is 2.91. The van der Waals surface area contributed by atoms with Crippen molar-refractivity contribution in [1.29, 1.82) is 0 Å². The number of aliphatic hydroxyl groups is 1. The van der Waals surface area contributed by atoms with Gasteiger partial charge in [0.05, 0.1) is 17.5 Å². The molecule has 0 aliphatic carbocycles. The van der Waals surface area contributed by atoms with Crippen molar-refractivity contribution < 1.29 is 5.11 Å². The second-order valence-electron chi connectivity index (χ2n) is 6.22. The summed E-state index contributed by atoms with van der Waals surface area (Å²) in [5, 5.41) is 20.5. The maximum Gasteiger partial charge on any atom is 0.0915 e. The van der Waals surface area contributed by atoms with Crippen molar-refractivity contribution >= 4 is 11.4 Å². The van der Waals surface area contributed by atoms with Gasteiger partial charge in [-0.25, -0.2) is 0 Å². The largest absolute Gasteiger partial charge is 0.387 e. The first-order valence-corrected chi connectivity index (χ1v) is 8.77. The maximum atomic E-state index is 10.3. The molecule has 3 unspecified atom stereocenters. The van der Waals surface area contributed by atoms with Gasteiger partial charge in [0.15, 0.2) is 0 Å².